The van der Waals surface area contributed by atoms with Crippen LogP contribution in [0.1, 0.15) is 310 Å². The predicted octanol–water partition coefficient (Wildman–Crippen LogP) is 16.9. The van der Waals surface area contributed by atoms with Crippen LogP contribution in [0.3, 0.4) is 0 Å². The van der Waals surface area contributed by atoms with E-state index < -0.39 is 6.10 Å². The maximum Gasteiger partial charge on any atom is 0.222 e. The lowest BCUT2D eigenvalue weighted by Crippen LogP contribution is -2.44. The summed E-state index contributed by atoms with van der Waals surface area (Å²) in [6, 6.07) is 0.108. The number of hydrogen-bond donors (Lipinski definition) is 1. The van der Waals surface area contributed by atoms with Crippen molar-refractivity contribution in [3.05, 3.63) is 0 Å². The molecule has 1 heterocycles. The van der Waals surface area contributed by atoms with Gasteiger partial charge in [0.1, 0.15) is 0 Å². The van der Waals surface area contributed by atoms with Gasteiger partial charge in [0.25, 0.3) is 0 Å². The fourth-order valence-electron chi connectivity index (χ4n) is 10.4. The van der Waals surface area contributed by atoms with E-state index in [9.17, 15) is 14.7 Å². The molecular weight excluding hydrogens is 827 g/mol. The van der Waals surface area contributed by atoms with Gasteiger partial charge in [0, 0.05) is 39.0 Å². The highest BCUT2D eigenvalue weighted by Gasteiger charge is 2.31. The molecule has 0 aromatic heterocycles. The van der Waals surface area contributed by atoms with E-state index in [1.54, 1.807) is 0 Å². The molecule has 0 radical (unpaired) electrons. The van der Waals surface area contributed by atoms with Crippen LogP contribution in [-0.2, 0) is 14.3 Å². The maximum absolute atomic E-state index is 13.4. The van der Waals surface area contributed by atoms with Crippen LogP contribution >= 0.6 is 0 Å². The topological polar surface area (TPSA) is 73.3 Å². The van der Waals surface area contributed by atoms with Crippen molar-refractivity contribution in [1.29, 1.82) is 0 Å². The van der Waals surface area contributed by atoms with Gasteiger partial charge in [-0.1, -0.05) is 246 Å². The van der Waals surface area contributed by atoms with Crippen molar-refractivity contribution in [2.45, 2.75) is 322 Å². The summed E-state index contributed by atoms with van der Waals surface area (Å²) in [6.45, 7) is 16.1. The Balaban J connectivity index is 2.41. The summed E-state index contributed by atoms with van der Waals surface area (Å²) < 4.78 is 5.71. The maximum atomic E-state index is 13.4. The number of aliphatic hydroxyl groups excluding tert-OH is 1. The number of aliphatic hydroxyl groups is 1. The minimum absolute atomic E-state index is 0.108. The number of ether oxygens (including phenoxy) is 1. The summed E-state index contributed by atoms with van der Waals surface area (Å²) in [5, 5.41) is 10.7. The fraction of sp³-hybridized carbons (Fsp3) is 0.967. The summed E-state index contributed by atoms with van der Waals surface area (Å²) in [7, 11) is 0. The van der Waals surface area contributed by atoms with E-state index >= 15 is 0 Å². The van der Waals surface area contributed by atoms with E-state index in [0.29, 0.717) is 37.9 Å². The van der Waals surface area contributed by atoms with Gasteiger partial charge in [0.05, 0.1) is 25.4 Å². The van der Waals surface area contributed by atoms with Crippen LogP contribution in [0, 0.1) is 0 Å². The Kier molecular flexibility index (Phi) is 47.4. The normalized spacial score (nSPS) is 15.0. The molecule has 0 bridgehead atoms. The first-order chi connectivity index (χ1) is 33.0. The van der Waals surface area contributed by atoms with E-state index in [4.69, 9.17) is 4.74 Å². The third-order valence-corrected chi connectivity index (χ3v) is 15.0. The first kappa shape index (κ1) is 63.8. The van der Waals surface area contributed by atoms with Gasteiger partial charge in [0.2, 0.25) is 11.8 Å². The summed E-state index contributed by atoms with van der Waals surface area (Å²) in [6.07, 6.45) is 54.2. The first-order valence-electron chi connectivity index (χ1n) is 30.5. The number of hydrogen-bond acceptors (Lipinski definition) is 5. The molecule has 1 fully saturated rings. The molecule has 1 rings (SSSR count). The predicted molar refractivity (Wildman–Crippen MR) is 291 cm³/mol. The molecule has 2 amide bonds. The molecule has 0 unspecified atom stereocenters. The van der Waals surface area contributed by atoms with E-state index in [0.717, 1.165) is 103 Å². The molecule has 1 aliphatic rings. The molecule has 0 saturated carbocycles. The van der Waals surface area contributed by atoms with Crippen LogP contribution in [0.25, 0.3) is 0 Å². The van der Waals surface area contributed by atoms with Crippen molar-refractivity contribution < 1.29 is 19.4 Å². The second-order valence-corrected chi connectivity index (χ2v) is 21.4. The van der Waals surface area contributed by atoms with E-state index in [2.05, 4.69) is 42.4 Å². The SMILES string of the molecule is CCCCCCCCCCN(CCCCCCCCCC)C(=O)CCCCCCCN(CCCCCCCC(=O)N(CCCCCCCCCC)CCCCCCCCCC)[C@H]1COC[C@H]1O. The van der Waals surface area contributed by atoms with E-state index in [1.807, 2.05) is 0 Å². The minimum Gasteiger partial charge on any atom is -0.389 e. The van der Waals surface area contributed by atoms with Crippen LogP contribution in [0.15, 0.2) is 0 Å². The number of carbonyl (C=O) groups is 2. The van der Waals surface area contributed by atoms with Gasteiger partial charge in [-0.25, -0.2) is 0 Å². The standard InChI is InChI=1S/C60H119N3O4/c1-5-9-13-17-21-25-33-43-51-62(52-44-34-26-22-18-14-10-6-2)59(65)47-39-31-29-37-41-49-61(57-55-67-56-58(57)64)50-42-38-30-32-40-48-60(66)63(53-45-35-27-23-19-15-11-7-3)54-46-36-28-24-20-16-12-8-4/h57-58,64H,5-56H2,1-4H3/t57-,58+/m0/s1. The van der Waals surface area contributed by atoms with Crippen LogP contribution in [0.5, 0.6) is 0 Å². The second-order valence-electron chi connectivity index (χ2n) is 21.4. The van der Waals surface area contributed by atoms with Gasteiger partial charge < -0.3 is 19.6 Å². The molecule has 7 heteroatoms. The zero-order chi connectivity index (χ0) is 48.5. The minimum atomic E-state index is -0.393. The highest BCUT2D eigenvalue weighted by atomic mass is 16.5. The van der Waals surface area contributed by atoms with Gasteiger partial charge in [-0.2, -0.15) is 0 Å². The zero-order valence-electron chi connectivity index (χ0n) is 45.9. The van der Waals surface area contributed by atoms with E-state index in [-0.39, 0.29) is 6.04 Å². The fourth-order valence-corrected chi connectivity index (χ4v) is 10.4. The highest BCUT2D eigenvalue weighted by Crippen LogP contribution is 2.19. The molecule has 7 nitrogen and oxygen atoms in total. The molecule has 1 saturated heterocycles. The second kappa shape index (κ2) is 49.8. The summed E-state index contributed by atoms with van der Waals surface area (Å²) in [4.78, 5) is 33.9. The molecule has 0 spiro atoms. The summed E-state index contributed by atoms with van der Waals surface area (Å²) >= 11 is 0. The number of nitrogens with zero attached hydrogens (tertiary/aromatic N) is 3. The Morgan fingerprint density at radius 2 is 0.582 bits per heavy atom. The van der Waals surface area contributed by atoms with Crippen molar-refractivity contribution in [2.75, 3.05) is 52.5 Å². The van der Waals surface area contributed by atoms with Gasteiger partial charge in [-0.15, -0.1) is 0 Å². The molecule has 1 N–H and O–H groups in total. The molecule has 398 valence electrons. The van der Waals surface area contributed by atoms with Crippen molar-refractivity contribution in [1.82, 2.24) is 14.7 Å². The quantitative estimate of drug-likeness (QED) is 0.0615. The Labute approximate surface area is 419 Å². The van der Waals surface area contributed by atoms with E-state index in [1.165, 1.54) is 205 Å². The molecule has 0 aromatic carbocycles. The van der Waals surface area contributed by atoms with Crippen LogP contribution < -0.4 is 0 Å². The van der Waals surface area contributed by atoms with Crippen molar-refractivity contribution in [3.63, 3.8) is 0 Å². The van der Waals surface area contributed by atoms with Gasteiger partial charge in [-0.05, 0) is 64.5 Å². The smallest absolute Gasteiger partial charge is 0.222 e. The average molecular weight is 947 g/mol. The molecule has 0 aromatic rings. The van der Waals surface area contributed by atoms with Crippen molar-refractivity contribution >= 4 is 11.8 Å². The van der Waals surface area contributed by atoms with Crippen LogP contribution in [-0.4, -0.2) is 96.2 Å². The van der Waals surface area contributed by atoms with Gasteiger partial charge in [-0.3, -0.25) is 14.5 Å². The lowest BCUT2D eigenvalue weighted by atomic mass is 10.1. The lowest BCUT2D eigenvalue weighted by molar-refractivity contribution is -0.132. The Hall–Kier alpha value is -1.18. The van der Waals surface area contributed by atoms with Crippen LogP contribution in [0.2, 0.25) is 0 Å². The van der Waals surface area contributed by atoms with Gasteiger partial charge in [0.15, 0.2) is 0 Å². The molecule has 67 heavy (non-hydrogen) atoms. The molecular formula is C60H119N3O4. The third kappa shape index (κ3) is 39.2. The van der Waals surface area contributed by atoms with Gasteiger partial charge >= 0.3 is 0 Å². The number of amides is 2. The third-order valence-electron chi connectivity index (χ3n) is 15.0. The molecule has 1 aliphatic heterocycles. The number of rotatable bonds is 53. The van der Waals surface area contributed by atoms with Crippen molar-refractivity contribution in [3.8, 4) is 0 Å². The summed E-state index contributed by atoms with van der Waals surface area (Å²) in [5.41, 5.74) is 0. The van der Waals surface area contributed by atoms with Crippen molar-refractivity contribution in [2.24, 2.45) is 0 Å². The number of unbranched alkanes of at least 4 members (excludes halogenated alkanes) is 36. The monoisotopic (exact) mass is 946 g/mol. The largest absolute Gasteiger partial charge is 0.389 e. The Morgan fingerprint density at radius 3 is 0.836 bits per heavy atom. The summed E-state index contributed by atoms with van der Waals surface area (Å²) in [5.74, 6) is 0.785. The highest BCUT2D eigenvalue weighted by molar-refractivity contribution is 5.76. The first-order valence-corrected chi connectivity index (χ1v) is 30.5. The average Bonchev–Trinajstić information content (AvgIpc) is 3.77. The Bertz CT molecular complexity index is 933. The molecule has 2 atom stereocenters. The lowest BCUT2D eigenvalue weighted by Gasteiger charge is -2.30. The Morgan fingerprint density at radius 1 is 0.343 bits per heavy atom. The zero-order valence-corrected chi connectivity index (χ0v) is 45.9. The molecule has 0 aliphatic carbocycles. The van der Waals surface area contributed by atoms with Crippen LogP contribution in [0.4, 0.5) is 0 Å². The number of carbonyl (C=O) groups excluding carboxylic acids is 2.